The normalized spacial score (nSPS) is 10.4. The Hall–Kier alpha value is -3.61. The van der Waals surface area contributed by atoms with E-state index in [-0.39, 0.29) is 13.0 Å². The molecule has 0 aliphatic rings. The van der Waals surface area contributed by atoms with Gasteiger partial charge in [-0.05, 0) is 28.5 Å². The van der Waals surface area contributed by atoms with Crippen molar-refractivity contribution in [3.05, 3.63) is 72.2 Å². The second-order valence-electron chi connectivity index (χ2n) is 5.79. The van der Waals surface area contributed by atoms with E-state index in [1.807, 2.05) is 42.5 Å². The van der Waals surface area contributed by atoms with E-state index in [1.165, 1.54) is 6.26 Å². The van der Waals surface area contributed by atoms with Crippen molar-refractivity contribution < 1.29 is 23.5 Å². The molecule has 7 nitrogen and oxygen atoms in total. The first kappa shape index (κ1) is 18.2. The Morgan fingerprint density at radius 1 is 0.963 bits per heavy atom. The average Bonchev–Trinajstić information content (AvgIpc) is 3.19. The number of amides is 3. The average molecular weight is 366 g/mol. The molecule has 3 rings (SSSR count). The number of carbonyl (C=O) groups excluding carboxylic acids is 3. The Morgan fingerprint density at radius 3 is 2.59 bits per heavy atom. The molecule has 0 saturated heterocycles. The van der Waals surface area contributed by atoms with Crippen molar-refractivity contribution in [3.8, 4) is 0 Å². The van der Waals surface area contributed by atoms with Gasteiger partial charge in [0.2, 0.25) is 0 Å². The molecule has 3 amide bonds. The zero-order valence-corrected chi connectivity index (χ0v) is 14.4. The van der Waals surface area contributed by atoms with Gasteiger partial charge in [0.05, 0.1) is 19.2 Å². The fourth-order valence-electron chi connectivity index (χ4n) is 2.59. The van der Waals surface area contributed by atoms with Crippen molar-refractivity contribution in [2.24, 2.45) is 0 Å². The summed E-state index contributed by atoms with van der Waals surface area (Å²) in [6, 6.07) is 16.0. The smallest absolute Gasteiger partial charge is 0.321 e. The number of nitrogens with one attached hydrogen (secondary N) is 2. The first-order valence-corrected chi connectivity index (χ1v) is 8.34. The molecule has 0 bridgehead atoms. The molecule has 0 fully saturated rings. The lowest BCUT2D eigenvalue weighted by Gasteiger charge is -2.08. The number of fused-ring (bicyclic) bond motifs is 1. The van der Waals surface area contributed by atoms with Crippen LogP contribution in [-0.2, 0) is 27.3 Å². The van der Waals surface area contributed by atoms with E-state index < -0.39 is 24.5 Å². The molecular formula is C20H18N2O5. The summed E-state index contributed by atoms with van der Waals surface area (Å²) in [5.74, 6) is -0.699. The van der Waals surface area contributed by atoms with Gasteiger partial charge in [-0.25, -0.2) is 4.79 Å². The van der Waals surface area contributed by atoms with E-state index in [0.29, 0.717) is 5.76 Å². The minimum absolute atomic E-state index is 0.0410. The minimum atomic E-state index is -0.710. The van der Waals surface area contributed by atoms with Crippen LogP contribution in [0.3, 0.4) is 0 Å². The predicted octanol–water partition coefficient (Wildman–Crippen LogP) is 2.54. The van der Waals surface area contributed by atoms with Gasteiger partial charge in [0.25, 0.3) is 5.91 Å². The summed E-state index contributed by atoms with van der Waals surface area (Å²) in [6.45, 7) is -0.384. The van der Waals surface area contributed by atoms with Crippen LogP contribution in [0, 0.1) is 0 Å². The van der Waals surface area contributed by atoms with Crippen molar-refractivity contribution in [3.63, 3.8) is 0 Å². The standard InChI is InChI=1S/C20H18N2O5/c23-18(22-20(25)21-12-16-8-4-10-26-16)13-27-19(24)11-15-7-3-6-14-5-1-2-9-17(14)15/h1-10H,11-13H2,(H2,21,22,23,25). The molecule has 27 heavy (non-hydrogen) atoms. The second kappa shape index (κ2) is 8.66. The number of furan rings is 1. The van der Waals surface area contributed by atoms with Crippen LogP contribution in [-0.4, -0.2) is 24.5 Å². The molecule has 7 heteroatoms. The van der Waals surface area contributed by atoms with Crippen LogP contribution in [0.4, 0.5) is 4.79 Å². The van der Waals surface area contributed by atoms with Crippen molar-refractivity contribution >= 4 is 28.7 Å². The van der Waals surface area contributed by atoms with Crippen LogP contribution in [0.2, 0.25) is 0 Å². The number of urea groups is 1. The molecule has 2 N–H and O–H groups in total. The molecule has 0 spiro atoms. The molecule has 0 saturated carbocycles. The molecular weight excluding hydrogens is 348 g/mol. The van der Waals surface area contributed by atoms with E-state index in [0.717, 1.165) is 16.3 Å². The first-order valence-electron chi connectivity index (χ1n) is 8.34. The lowest BCUT2D eigenvalue weighted by Crippen LogP contribution is -2.41. The van der Waals surface area contributed by atoms with Gasteiger partial charge < -0.3 is 14.5 Å². The topological polar surface area (TPSA) is 97.6 Å². The van der Waals surface area contributed by atoms with E-state index in [1.54, 1.807) is 12.1 Å². The quantitative estimate of drug-likeness (QED) is 0.654. The molecule has 0 atom stereocenters. The lowest BCUT2D eigenvalue weighted by molar-refractivity contribution is -0.147. The van der Waals surface area contributed by atoms with Gasteiger partial charge in [0, 0.05) is 0 Å². The van der Waals surface area contributed by atoms with Crippen LogP contribution in [0.5, 0.6) is 0 Å². The Bertz CT molecular complexity index is 945. The van der Waals surface area contributed by atoms with Crippen LogP contribution >= 0.6 is 0 Å². The van der Waals surface area contributed by atoms with Crippen LogP contribution in [0.1, 0.15) is 11.3 Å². The lowest BCUT2D eigenvalue weighted by atomic mass is 10.0. The number of benzene rings is 2. The van der Waals surface area contributed by atoms with Crippen LogP contribution in [0.15, 0.2) is 65.3 Å². The van der Waals surface area contributed by atoms with Crippen LogP contribution in [0.25, 0.3) is 10.8 Å². The summed E-state index contributed by atoms with van der Waals surface area (Å²) in [6.07, 6.45) is 1.52. The second-order valence-corrected chi connectivity index (χ2v) is 5.79. The molecule has 3 aromatic rings. The van der Waals surface area contributed by atoms with Gasteiger partial charge in [-0.1, -0.05) is 42.5 Å². The minimum Gasteiger partial charge on any atom is -0.467 e. The number of ether oxygens (including phenoxy) is 1. The zero-order chi connectivity index (χ0) is 19.1. The SMILES string of the molecule is O=C(COC(=O)Cc1cccc2ccccc12)NC(=O)NCc1ccco1. The van der Waals surface area contributed by atoms with Gasteiger partial charge in [0.15, 0.2) is 6.61 Å². The van der Waals surface area contributed by atoms with Crippen molar-refractivity contribution in [2.75, 3.05) is 6.61 Å². The Labute approximate surface area is 155 Å². The third-order valence-corrected chi connectivity index (χ3v) is 3.84. The molecule has 138 valence electrons. The van der Waals surface area contributed by atoms with Gasteiger partial charge in [-0.3, -0.25) is 14.9 Å². The number of hydrogen-bond donors (Lipinski definition) is 2. The Kier molecular flexibility index (Phi) is 5.84. The molecule has 0 aliphatic heterocycles. The first-order chi connectivity index (χ1) is 13.1. The molecule has 1 aromatic heterocycles. The highest BCUT2D eigenvalue weighted by atomic mass is 16.5. The van der Waals surface area contributed by atoms with E-state index in [9.17, 15) is 14.4 Å². The van der Waals surface area contributed by atoms with Gasteiger partial charge in [0.1, 0.15) is 5.76 Å². The van der Waals surface area contributed by atoms with Gasteiger partial charge in [-0.2, -0.15) is 0 Å². The van der Waals surface area contributed by atoms with Crippen molar-refractivity contribution in [2.45, 2.75) is 13.0 Å². The summed E-state index contributed by atoms with van der Waals surface area (Å²) in [5.41, 5.74) is 0.815. The summed E-state index contributed by atoms with van der Waals surface area (Å²) in [7, 11) is 0. The maximum absolute atomic E-state index is 12.0. The highest BCUT2D eigenvalue weighted by molar-refractivity contribution is 5.95. The number of hydrogen-bond acceptors (Lipinski definition) is 5. The van der Waals surface area contributed by atoms with Crippen molar-refractivity contribution in [1.82, 2.24) is 10.6 Å². The maximum Gasteiger partial charge on any atom is 0.321 e. The summed E-state index contributed by atoms with van der Waals surface area (Å²) in [4.78, 5) is 35.3. The van der Waals surface area contributed by atoms with Crippen molar-refractivity contribution in [1.29, 1.82) is 0 Å². The van der Waals surface area contributed by atoms with E-state index in [2.05, 4.69) is 10.6 Å². The Balaban J connectivity index is 1.44. The summed E-state index contributed by atoms with van der Waals surface area (Å²) >= 11 is 0. The highest BCUT2D eigenvalue weighted by Crippen LogP contribution is 2.19. The van der Waals surface area contributed by atoms with E-state index in [4.69, 9.17) is 9.15 Å². The summed E-state index contributed by atoms with van der Waals surface area (Å²) < 4.78 is 10.0. The predicted molar refractivity (Wildman–Crippen MR) is 97.7 cm³/mol. The third-order valence-electron chi connectivity index (χ3n) is 3.84. The largest absolute Gasteiger partial charge is 0.467 e. The monoisotopic (exact) mass is 366 g/mol. The molecule has 0 unspecified atom stereocenters. The van der Waals surface area contributed by atoms with Crippen LogP contribution < -0.4 is 10.6 Å². The fourth-order valence-corrected chi connectivity index (χ4v) is 2.59. The number of carbonyl (C=O) groups is 3. The molecule has 0 aliphatic carbocycles. The molecule has 2 aromatic carbocycles. The number of esters is 1. The number of rotatable bonds is 6. The zero-order valence-electron chi connectivity index (χ0n) is 14.4. The number of imide groups is 1. The maximum atomic E-state index is 12.0. The molecule has 0 radical (unpaired) electrons. The molecule has 1 heterocycles. The van der Waals surface area contributed by atoms with E-state index >= 15 is 0 Å². The third kappa shape index (κ3) is 5.18. The van der Waals surface area contributed by atoms with Gasteiger partial charge in [-0.15, -0.1) is 0 Å². The fraction of sp³-hybridized carbons (Fsp3) is 0.150. The highest BCUT2D eigenvalue weighted by Gasteiger charge is 2.12. The van der Waals surface area contributed by atoms with Gasteiger partial charge >= 0.3 is 12.0 Å². The summed E-state index contributed by atoms with van der Waals surface area (Å²) in [5, 5.41) is 6.52. The Morgan fingerprint density at radius 2 is 1.78 bits per heavy atom.